The van der Waals surface area contributed by atoms with Crippen molar-refractivity contribution in [1.82, 2.24) is 9.78 Å². The molecule has 1 aliphatic carbocycles. The van der Waals surface area contributed by atoms with Gasteiger partial charge in [0.05, 0.1) is 18.4 Å². The minimum atomic E-state index is 0.572. The maximum Gasteiger partial charge on any atom is 0.165 e. The third kappa shape index (κ3) is 2.33. The van der Waals surface area contributed by atoms with Crippen LogP contribution >= 0.6 is 0 Å². The molecule has 1 fully saturated rings. The number of benzene rings is 1. The highest BCUT2D eigenvalue weighted by Gasteiger charge is 2.17. The number of aromatic nitrogens is 2. The van der Waals surface area contributed by atoms with Crippen LogP contribution in [0.1, 0.15) is 31.7 Å². The van der Waals surface area contributed by atoms with E-state index in [-0.39, 0.29) is 0 Å². The van der Waals surface area contributed by atoms with E-state index in [0.29, 0.717) is 6.04 Å². The fourth-order valence-corrected chi connectivity index (χ4v) is 2.37. The van der Waals surface area contributed by atoms with E-state index in [4.69, 9.17) is 4.74 Å². The molecule has 0 spiro atoms. The monoisotopic (exact) mass is 228 g/mol. The van der Waals surface area contributed by atoms with Crippen molar-refractivity contribution in [3.8, 4) is 11.5 Å². The molecule has 17 heavy (non-hydrogen) atoms. The van der Waals surface area contributed by atoms with E-state index in [1.165, 1.54) is 25.7 Å². The lowest BCUT2D eigenvalue weighted by atomic mass is 10.3. The second kappa shape index (κ2) is 4.62. The van der Waals surface area contributed by atoms with Gasteiger partial charge >= 0.3 is 0 Å². The Hall–Kier alpha value is -1.77. The van der Waals surface area contributed by atoms with Crippen LogP contribution in [0.25, 0.3) is 0 Å². The fraction of sp³-hybridized carbons (Fsp3) is 0.357. The minimum absolute atomic E-state index is 0.572. The number of para-hydroxylation sites is 1. The topological polar surface area (TPSA) is 27.1 Å². The molecule has 3 nitrogen and oxygen atoms in total. The zero-order valence-corrected chi connectivity index (χ0v) is 9.75. The minimum Gasteiger partial charge on any atom is -0.454 e. The zero-order valence-electron chi connectivity index (χ0n) is 9.75. The molecule has 0 bridgehead atoms. The average molecular weight is 228 g/mol. The number of hydrogen-bond acceptors (Lipinski definition) is 2. The van der Waals surface area contributed by atoms with Crippen LogP contribution in [0.5, 0.6) is 11.5 Å². The molecule has 0 aliphatic heterocycles. The van der Waals surface area contributed by atoms with Crippen molar-refractivity contribution in [3.63, 3.8) is 0 Å². The van der Waals surface area contributed by atoms with Crippen molar-refractivity contribution in [2.24, 2.45) is 0 Å². The fourth-order valence-electron chi connectivity index (χ4n) is 2.37. The van der Waals surface area contributed by atoms with Crippen LogP contribution in [0.3, 0.4) is 0 Å². The Morgan fingerprint density at radius 1 is 1.06 bits per heavy atom. The number of ether oxygens (including phenoxy) is 1. The van der Waals surface area contributed by atoms with Crippen molar-refractivity contribution in [2.75, 3.05) is 0 Å². The summed E-state index contributed by atoms with van der Waals surface area (Å²) in [5.74, 6) is 1.68. The molecule has 0 N–H and O–H groups in total. The van der Waals surface area contributed by atoms with Crippen LogP contribution < -0.4 is 4.74 Å². The number of rotatable bonds is 3. The highest BCUT2D eigenvalue weighted by atomic mass is 16.5. The third-order valence-corrected chi connectivity index (χ3v) is 3.26. The average Bonchev–Trinajstić information content (AvgIpc) is 3.00. The molecular weight excluding hydrogens is 212 g/mol. The first-order chi connectivity index (χ1) is 8.42. The van der Waals surface area contributed by atoms with Crippen molar-refractivity contribution in [1.29, 1.82) is 0 Å². The summed E-state index contributed by atoms with van der Waals surface area (Å²) in [6.07, 6.45) is 8.92. The van der Waals surface area contributed by atoms with Gasteiger partial charge in [0, 0.05) is 0 Å². The Kier molecular flexibility index (Phi) is 2.82. The SMILES string of the molecule is c1ccc(Oc2cnn(C3CCCC3)c2)cc1. The standard InChI is InChI=1S/C14H16N2O/c1-2-8-13(9-3-1)17-14-10-15-16(11-14)12-6-4-5-7-12/h1-3,8-12H,4-7H2. The Morgan fingerprint density at radius 3 is 2.59 bits per heavy atom. The summed E-state index contributed by atoms with van der Waals surface area (Å²) in [7, 11) is 0. The molecule has 1 aromatic carbocycles. The number of hydrogen-bond donors (Lipinski definition) is 0. The lowest BCUT2D eigenvalue weighted by Gasteiger charge is -2.08. The van der Waals surface area contributed by atoms with Crippen LogP contribution in [0.15, 0.2) is 42.7 Å². The van der Waals surface area contributed by atoms with Gasteiger partial charge in [0.25, 0.3) is 0 Å². The van der Waals surface area contributed by atoms with E-state index in [0.717, 1.165) is 11.5 Å². The predicted octanol–water partition coefficient (Wildman–Crippen LogP) is 3.79. The van der Waals surface area contributed by atoms with Gasteiger partial charge in [-0.2, -0.15) is 5.10 Å². The first kappa shape index (κ1) is 10.4. The van der Waals surface area contributed by atoms with Crippen molar-refractivity contribution in [3.05, 3.63) is 42.7 Å². The molecule has 88 valence electrons. The van der Waals surface area contributed by atoms with E-state index in [2.05, 4.69) is 5.10 Å². The van der Waals surface area contributed by atoms with Crippen LogP contribution in [0.2, 0.25) is 0 Å². The molecule has 0 saturated heterocycles. The normalized spacial score (nSPS) is 16.2. The Balaban J connectivity index is 1.72. The molecule has 1 saturated carbocycles. The van der Waals surface area contributed by atoms with E-state index in [1.807, 2.05) is 41.2 Å². The summed E-state index contributed by atoms with van der Waals surface area (Å²) in [5, 5.41) is 4.39. The van der Waals surface area contributed by atoms with Gasteiger partial charge in [-0.05, 0) is 25.0 Å². The Bertz CT molecular complexity index is 472. The molecule has 0 unspecified atom stereocenters. The smallest absolute Gasteiger partial charge is 0.165 e. The van der Waals surface area contributed by atoms with Crippen molar-refractivity contribution >= 4 is 0 Å². The van der Waals surface area contributed by atoms with E-state index >= 15 is 0 Å². The Morgan fingerprint density at radius 2 is 1.82 bits per heavy atom. The van der Waals surface area contributed by atoms with Crippen molar-refractivity contribution in [2.45, 2.75) is 31.7 Å². The Labute approximate surface area is 101 Å². The van der Waals surface area contributed by atoms with Crippen LogP contribution in [-0.4, -0.2) is 9.78 Å². The first-order valence-electron chi connectivity index (χ1n) is 6.19. The summed E-state index contributed by atoms with van der Waals surface area (Å²) in [6, 6.07) is 10.4. The molecule has 3 heteroatoms. The highest BCUT2D eigenvalue weighted by Crippen LogP contribution is 2.30. The van der Waals surface area contributed by atoms with Gasteiger partial charge in [-0.3, -0.25) is 4.68 Å². The maximum atomic E-state index is 5.74. The van der Waals surface area contributed by atoms with Crippen LogP contribution in [0, 0.1) is 0 Å². The van der Waals surface area contributed by atoms with Gasteiger partial charge in [0.1, 0.15) is 5.75 Å². The van der Waals surface area contributed by atoms with Crippen LogP contribution in [0.4, 0.5) is 0 Å². The zero-order chi connectivity index (χ0) is 11.5. The molecule has 3 rings (SSSR count). The first-order valence-corrected chi connectivity index (χ1v) is 6.19. The van der Waals surface area contributed by atoms with Gasteiger partial charge in [-0.15, -0.1) is 0 Å². The molecule has 0 atom stereocenters. The number of nitrogens with zero attached hydrogens (tertiary/aromatic N) is 2. The molecule has 1 aromatic heterocycles. The highest BCUT2D eigenvalue weighted by molar-refractivity contribution is 5.27. The molecule has 1 heterocycles. The molecular formula is C14H16N2O. The second-order valence-corrected chi connectivity index (χ2v) is 4.51. The lowest BCUT2D eigenvalue weighted by Crippen LogP contribution is -2.04. The quantitative estimate of drug-likeness (QED) is 0.799. The van der Waals surface area contributed by atoms with Gasteiger partial charge in [-0.1, -0.05) is 31.0 Å². The maximum absolute atomic E-state index is 5.74. The summed E-state index contributed by atoms with van der Waals surface area (Å²) in [5.41, 5.74) is 0. The van der Waals surface area contributed by atoms with Gasteiger partial charge < -0.3 is 4.74 Å². The van der Waals surface area contributed by atoms with E-state index in [9.17, 15) is 0 Å². The van der Waals surface area contributed by atoms with Crippen LogP contribution in [-0.2, 0) is 0 Å². The predicted molar refractivity (Wildman–Crippen MR) is 66.2 cm³/mol. The lowest BCUT2D eigenvalue weighted by molar-refractivity contribution is 0.456. The molecule has 0 radical (unpaired) electrons. The van der Waals surface area contributed by atoms with Gasteiger partial charge in [-0.25, -0.2) is 0 Å². The van der Waals surface area contributed by atoms with E-state index in [1.54, 1.807) is 6.20 Å². The van der Waals surface area contributed by atoms with Gasteiger partial charge in [0.15, 0.2) is 5.75 Å². The largest absolute Gasteiger partial charge is 0.454 e. The van der Waals surface area contributed by atoms with E-state index < -0.39 is 0 Å². The molecule has 1 aliphatic rings. The van der Waals surface area contributed by atoms with Gasteiger partial charge in [0.2, 0.25) is 0 Å². The second-order valence-electron chi connectivity index (χ2n) is 4.51. The summed E-state index contributed by atoms with van der Waals surface area (Å²) in [6.45, 7) is 0. The molecule has 2 aromatic rings. The third-order valence-electron chi connectivity index (χ3n) is 3.26. The summed E-state index contributed by atoms with van der Waals surface area (Å²) in [4.78, 5) is 0. The summed E-state index contributed by atoms with van der Waals surface area (Å²) >= 11 is 0. The molecule has 0 amide bonds. The summed E-state index contributed by atoms with van der Waals surface area (Å²) < 4.78 is 7.78. The van der Waals surface area contributed by atoms with Crippen molar-refractivity contribution < 1.29 is 4.74 Å².